The highest BCUT2D eigenvalue weighted by Gasteiger charge is 2.03. The zero-order valence-electron chi connectivity index (χ0n) is 10.8. The predicted molar refractivity (Wildman–Crippen MR) is 77.6 cm³/mol. The molecule has 0 fully saturated rings. The quantitative estimate of drug-likeness (QED) is 0.923. The molecule has 18 heavy (non-hydrogen) atoms. The second-order valence-corrected chi connectivity index (χ2v) is 4.75. The number of nitrogens with two attached hydrogens (primary N) is 1. The van der Waals surface area contributed by atoms with Gasteiger partial charge in [-0.05, 0) is 23.1 Å². The summed E-state index contributed by atoms with van der Waals surface area (Å²) in [4.78, 5) is 0. The summed E-state index contributed by atoms with van der Waals surface area (Å²) in [5.74, 6) is 0.609. The maximum atomic E-state index is 5.65. The fraction of sp³-hybridized carbons (Fsp3) is 0.357. The summed E-state index contributed by atoms with van der Waals surface area (Å²) in [6, 6.07) is 8.30. The summed E-state index contributed by atoms with van der Waals surface area (Å²) in [5.41, 5.74) is 9.14. The van der Waals surface area contributed by atoms with E-state index >= 15 is 0 Å². The molecular formula is C14H20ClN3. The number of nitrogens with zero attached hydrogens (tertiary/aromatic N) is 2. The van der Waals surface area contributed by atoms with Gasteiger partial charge in [0.05, 0.1) is 6.20 Å². The van der Waals surface area contributed by atoms with Crippen molar-refractivity contribution in [2.75, 3.05) is 0 Å². The first kappa shape index (κ1) is 14.7. The summed E-state index contributed by atoms with van der Waals surface area (Å²) in [7, 11) is 0. The fourth-order valence-corrected chi connectivity index (χ4v) is 1.86. The number of benzene rings is 1. The molecule has 0 spiro atoms. The van der Waals surface area contributed by atoms with E-state index in [0.717, 1.165) is 17.7 Å². The zero-order chi connectivity index (χ0) is 12.3. The van der Waals surface area contributed by atoms with Crippen LogP contribution < -0.4 is 5.73 Å². The third kappa shape index (κ3) is 3.59. The first-order valence-corrected chi connectivity index (χ1v) is 6.01. The van der Waals surface area contributed by atoms with Crippen molar-refractivity contribution in [3.63, 3.8) is 0 Å². The largest absolute Gasteiger partial charge is 0.326 e. The predicted octanol–water partition coefficient (Wildman–Crippen LogP) is 3.09. The standard InChI is InChI=1S/C14H19N3.ClH/c1-11(2)9-17-10-14(8-16-17)13-5-3-4-12(6-13)7-15;/h3-6,8,10-11H,7,9,15H2,1-2H3;1H. The first-order chi connectivity index (χ1) is 8.19. The minimum Gasteiger partial charge on any atom is -0.326 e. The van der Waals surface area contributed by atoms with Gasteiger partial charge in [-0.3, -0.25) is 4.68 Å². The van der Waals surface area contributed by atoms with E-state index in [2.05, 4.69) is 37.3 Å². The Balaban J connectivity index is 0.00000162. The van der Waals surface area contributed by atoms with Gasteiger partial charge in [0, 0.05) is 24.8 Å². The van der Waals surface area contributed by atoms with Gasteiger partial charge in [-0.15, -0.1) is 12.4 Å². The molecule has 0 saturated heterocycles. The molecule has 1 aromatic carbocycles. The van der Waals surface area contributed by atoms with Crippen LogP contribution in [0, 0.1) is 5.92 Å². The SMILES string of the molecule is CC(C)Cn1cc(-c2cccc(CN)c2)cn1.Cl. The molecule has 0 aliphatic heterocycles. The number of rotatable bonds is 4. The molecule has 0 saturated carbocycles. The van der Waals surface area contributed by atoms with Crippen LogP contribution in [0.25, 0.3) is 11.1 Å². The van der Waals surface area contributed by atoms with Gasteiger partial charge in [-0.2, -0.15) is 5.10 Å². The molecule has 3 nitrogen and oxygen atoms in total. The number of halogens is 1. The molecule has 0 atom stereocenters. The maximum absolute atomic E-state index is 5.65. The Labute approximate surface area is 114 Å². The van der Waals surface area contributed by atoms with E-state index in [4.69, 9.17) is 5.73 Å². The first-order valence-electron chi connectivity index (χ1n) is 6.01. The van der Waals surface area contributed by atoms with Crippen molar-refractivity contribution >= 4 is 12.4 Å². The van der Waals surface area contributed by atoms with Crippen LogP contribution >= 0.6 is 12.4 Å². The van der Waals surface area contributed by atoms with Crippen molar-refractivity contribution in [2.45, 2.75) is 26.9 Å². The molecule has 0 unspecified atom stereocenters. The van der Waals surface area contributed by atoms with Crippen LogP contribution in [-0.4, -0.2) is 9.78 Å². The van der Waals surface area contributed by atoms with Gasteiger partial charge in [0.25, 0.3) is 0 Å². The highest BCUT2D eigenvalue weighted by molar-refractivity contribution is 5.85. The van der Waals surface area contributed by atoms with Crippen LogP contribution in [0.3, 0.4) is 0 Å². The topological polar surface area (TPSA) is 43.8 Å². The molecule has 1 aromatic heterocycles. The maximum Gasteiger partial charge on any atom is 0.0568 e. The van der Waals surface area contributed by atoms with Crippen LogP contribution in [0.4, 0.5) is 0 Å². The van der Waals surface area contributed by atoms with Gasteiger partial charge in [-0.1, -0.05) is 32.0 Å². The average molecular weight is 266 g/mol. The van der Waals surface area contributed by atoms with Gasteiger partial charge in [0.1, 0.15) is 0 Å². The van der Waals surface area contributed by atoms with Crippen molar-refractivity contribution in [1.29, 1.82) is 0 Å². The number of aromatic nitrogens is 2. The summed E-state index contributed by atoms with van der Waals surface area (Å²) in [6.45, 7) is 5.91. The summed E-state index contributed by atoms with van der Waals surface area (Å²) in [5, 5.41) is 4.37. The van der Waals surface area contributed by atoms with Gasteiger partial charge >= 0.3 is 0 Å². The lowest BCUT2D eigenvalue weighted by Crippen LogP contribution is -2.03. The fourth-order valence-electron chi connectivity index (χ4n) is 1.86. The Morgan fingerprint density at radius 2 is 2.06 bits per heavy atom. The lowest BCUT2D eigenvalue weighted by molar-refractivity contribution is 0.483. The molecule has 0 aliphatic rings. The highest BCUT2D eigenvalue weighted by Crippen LogP contribution is 2.19. The molecule has 1 heterocycles. The Hall–Kier alpha value is -1.32. The van der Waals surface area contributed by atoms with Crippen molar-refractivity contribution in [2.24, 2.45) is 11.7 Å². The van der Waals surface area contributed by atoms with Crippen LogP contribution in [0.1, 0.15) is 19.4 Å². The van der Waals surface area contributed by atoms with Crippen LogP contribution in [0.2, 0.25) is 0 Å². The molecule has 0 amide bonds. The number of hydrogen-bond donors (Lipinski definition) is 1. The molecule has 2 aromatic rings. The van der Waals surface area contributed by atoms with Crippen LogP contribution in [0.5, 0.6) is 0 Å². The van der Waals surface area contributed by atoms with Gasteiger partial charge in [0.2, 0.25) is 0 Å². The molecule has 0 radical (unpaired) electrons. The lowest BCUT2D eigenvalue weighted by Gasteiger charge is -2.04. The van der Waals surface area contributed by atoms with Gasteiger partial charge in [-0.25, -0.2) is 0 Å². The third-order valence-corrected chi connectivity index (χ3v) is 2.68. The minimum atomic E-state index is 0. The third-order valence-electron chi connectivity index (χ3n) is 2.68. The molecule has 2 rings (SSSR count). The van der Waals surface area contributed by atoms with E-state index in [1.807, 2.05) is 23.0 Å². The van der Waals surface area contributed by atoms with E-state index in [9.17, 15) is 0 Å². The second-order valence-electron chi connectivity index (χ2n) is 4.75. The summed E-state index contributed by atoms with van der Waals surface area (Å²) in [6.07, 6.45) is 4.01. The van der Waals surface area contributed by atoms with Crippen molar-refractivity contribution in [1.82, 2.24) is 9.78 Å². The zero-order valence-corrected chi connectivity index (χ0v) is 11.7. The molecule has 0 aliphatic carbocycles. The van der Waals surface area contributed by atoms with Crippen molar-refractivity contribution in [3.05, 3.63) is 42.2 Å². The highest BCUT2D eigenvalue weighted by atomic mass is 35.5. The van der Waals surface area contributed by atoms with Gasteiger partial charge in [0.15, 0.2) is 0 Å². The normalized spacial score (nSPS) is 10.4. The second kappa shape index (κ2) is 6.57. The van der Waals surface area contributed by atoms with Crippen LogP contribution in [0.15, 0.2) is 36.7 Å². The lowest BCUT2D eigenvalue weighted by atomic mass is 10.1. The summed E-state index contributed by atoms with van der Waals surface area (Å²) >= 11 is 0. The summed E-state index contributed by atoms with van der Waals surface area (Å²) < 4.78 is 2.00. The van der Waals surface area contributed by atoms with E-state index < -0.39 is 0 Å². The number of hydrogen-bond acceptors (Lipinski definition) is 2. The molecule has 98 valence electrons. The van der Waals surface area contributed by atoms with Crippen molar-refractivity contribution < 1.29 is 0 Å². The molecular weight excluding hydrogens is 246 g/mol. The monoisotopic (exact) mass is 265 g/mol. The minimum absolute atomic E-state index is 0. The smallest absolute Gasteiger partial charge is 0.0568 e. The Morgan fingerprint density at radius 3 is 2.72 bits per heavy atom. The van der Waals surface area contributed by atoms with E-state index in [1.165, 1.54) is 5.56 Å². The van der Waals surface area contributed by atoms with E-state index in [0.29, 0.717) is 12.5 Å². The molecule has 4 heteroatoms. The van der Waals surface area contributed by atoms with Crippen LogP contribution in [-0.2, 0) is 13.1 Å². The Bertz CT molecular complexity index is 491. The molecule has 2 N–H and O–H groups in total. The van der Waals surface area contributed by atoms with E-state index in [-0.39, 0.29) is 12.4 Å². The van der Waals surface area contributed by atoms with Gasteiger partial charge < -0.3 is 5.73 Å². The van der Waals surface area contributed by atoms with E-state index in [1.54, 1.807) is 0 Å². The average Bonchev–Trinajstić information content (AvgIpc) is 2.77. The Kier molecular flexibility index (Phi) is 5.38. The molecule has 0 bridgehead atoms. The Morgan fingerprint density at radius 1 is 1.28 bits per heavy atom. The van der Waals surface area contributed by atoms with Crippen molar-refractivity contribution in [3.8, 4) is 11.1 Å².